The smallest absolute Gasteiger partial charge is 0.220 e. The van der Waals surface area contributed by atoms with Crippen molar-refractivity contribution in [3.8, 4) is 0 Å². The van der Waals surface area contributed by atoms with Gasteiger partial charge in [-0.1, -0.05) is 0 Å². The van der Waals surface area contributed by atoms with E-state index in [0.29, 0.717) is 18.9 Å². The maximum Gasteiger partial charge on any atom is 0.220 e. The Kier molecular flexibility index (Phi) is 5.02. The molecule has 142 valence electrons. The van der Waals surface area contributed by atoms with Gasteiger partial charge < -0.3 is 14.5 Å². The number of imidazole rings is 1. The summed E-state index contributed by atoms with van der Waals surface area (Å²) in [7, 11) is 2.00. The number of nitrogens with one attached hydrogen (secondary N) is 1. The monoisotopic (exact) mass is 385 g/mol. The summed E-state index contributed by atoms with van der Waals surface area (Å²) in [6, 6.07) is 0.235. The minimum absolute atomic E-state index is 0.116. The molecule has 1 fully saturated rings. The Morgan fingerprint density at radius 1 is 1.37 bits per heavy atom. The second kappa shape index (κ2) is 7.59. The molecule has 0 radical (unpaired) electrons. The van der Waals surface area contributed by atoms with Gasteiger partial charge >= 0.3 is 0 Å². The Labute approximate surface area is 161 Å². The predicted molar refractivity (Wildman–Crippen MR) is 101 cm³/mol. The van der Waals surface area contributed by atoms with Crippen molar-refractivity contribution in [3.63, 3.8) is 0 Å². The molecule has 1 N–H and O–H groups in total. The molecule has 1 saturated carbocycles. The molecule has 4 rings (SSSR count). The lowest BCUT2D eigenvalue weighted by Crippen LogP contribution is -2.44. The summed E-state index contributed by atoms with van der Waals surface area (Å²) in [5.41, 5.74) is 2.87. The highest BCUT2D eigenvalue weighted by Gasteiger charge is 2.34. The molecule has 3 heterocycles. The van der Waals surface area contributed by atoms with E-state index >= 15 is 0 Å². The fourth-order valence-electron chi connectivity index (χ4n) is 3.45. The SMILES string of the molecule is Cc1ncsc1CCC(=O)NC1CC(c2nnc(Cn3ccnc3)n2C)C1. The Balaban J connectivity index is 1.25. The summed E-state index contributed by atoms with van der Waals surface area (Å²) in [6.07, 6.45) is 8.56. The first-order valence-corrected chi connectivity index (χ1v) is 10.0. The average Bonchev–Trinajstić information content (AvgIpc) is 3.34. The number of aromatic nitrogens is 6. The minimum Gasteiger partial charge on any atom is -0.353 e. The normalized spacial score (nSPS) is 19.0. The van der Waals surface area contributed by atoms with E-state index in [4.69, 9.17) is 0 Å². The van der Waals surface area contributed by atoms with Crippen molar-refractivity contribution < 1.29 is 4.79 Å². The fraction of sp³-hybridized carbons (Fsp3) is 0.500. The molecule has 0 aliphatic heterocycles. The van der Waals surface area contributed by atoms with Gasteiger partial charge in [0, 0.05) is 42.7 Å². The molecule has 0 aromatic carbocycles. The van der Waals surface area contributed by atoms with Crippen LogP contribution in [0.15, 0.2) is 24.2 Å². The average molecular weight is 385 g/mol. The van der Waals surface area contributed by atoms with Gasteiger partial charge in [0.2, 0.25) is 5.91 Å². The molecule has 0 saturated heterocycles. The third-order valence-electron chi connectivity index (χ3n) is 5.17. The second-order valence-corrected chi connectivity index (χ2v) is 8.00. The lowest BCUT2D eigenvalue weighted by atomic mass is 9.79. The molecule has 0 atom stereocenters. The van der Waals surface area contributed by atoms with Crippen LogP contribution in [0, 0.1) is 6.92 Å². The standard InChI is InChI=1S/C18H23N7OS/c1-12-15(27-11-20-12)3-4-17(26)21-14-7-13(8-14)18-23-22-16(24(18)2)9-25-6-5-19-10-25/h5-6,10-11,13-14H,3-4,7-9H2,1-2H3,(H,21,26). The number of amides is 1. The van der Waals surface area contributed by atoms with Crippen LogP contribution >= 0.6 is 11.3 Å². The molecule has 1 aliphatic rings. The first-order chi connectivity index (χ1) is 13.1. The zero-order valence-electron chi connectivity index (χ0n) is 15.5. The highest BCUT2D eigenvalue weighted by molar-refractivity contribution is 7.09. The molecule has 9 heteroatoms. The summed E-state index contributed by atoms with van der Waals surface area (Å²) in [6.45, 7) is 2.65. The van der Waals surface area contributed by atoms with Crippen molar-refractivity contribution in [2.75, 3.05) is 0 Å². The van der Waals surface area contributed by atoms with Crippen LogP contribution < -0.4 is 5.32 Å². The highest BCUT2D eigenvalue weighted by Crippen LogP contribution is 2.36. The zero-order chi connectivity index (χ0) is 18.8. The number of rotatable bonds is 7. The van der Waals surface area contributed by atoms with Crippen molar-refractivity contribution in [1.29, 1.82) is 0 Å². The topological polar surface area (TPSA) is 90.5 Å². The van der Waals surface area contributed by atoms with Crippen LogP contribution in [0.2, 0.25) is 0 Å². The van der Waals surface area contributed by atoms with E-state index in [1.54, 1.807) is 23.9 Å². The summed E-state index contributed by atoms with van der Waals surface area (Å²) in [4.78, 5) is 21.7. The molecular formula is C18H23N7OS. The van der Waals surface area contributed by atoms with Crippen LogP contribution in [0.4, 0.5) is 0 Å². The zero-order valence-corrected chi connectivity index (χ0v) is 16.3. The van der Waals surface area contributed by atoms with Crippen molar-refractivity contribution >= 4 is 17.2 Å². The molecule has 3 aromatic heterocycles. The van der Waals surface area contributed by atoms with E-state index in [9.17, 15) is 4.79 Å². The van der Waals surface area contributed by atoms with Gasteiger partial charge in [-0.3, -0.25) is 4.79 Å². The molecule has 3 aromatic rings. The molecule has 0 spiro atoms. The van der Waals surface area contributed by atoms with E-state index in [1.165, 1.54) is 4.88 Å². The Hall–Kier alpha value is -2.55. The van der Waals surface area contributed by atoms with Gasteiger partial charge in [-0.2, -0.15) is 0 Å². The molecule has 8 nitrogen and oxygen atoms in total. The molecule has 0 unspecified atom stereocenters. The highest BCUT2D eigenvalue weighted by atomic mass is 32.1. The van der Waals surface area contributed by atoms with E-state index in [0.717, 1.165) is 36.6 Å². The van der Waals surface area contributed by atoms with E-state index in [1.807, 2.05) is 30.2 Å². The van der Waals surface area contributed by atoms with Crippen LogP contribution in [0.25, 0.3) is 0 Å². The lowest BCUT2D eigenvalue weighted by molar-refractivity contribution is -0.122. The Morgan fingerprint density at radius 2 is 2.22 bits per heavy atom. The quantitative estimate of drug-likeness (QED) is 0.670. The number of hydrogen-bond donors (Lipinski definition) is 1. The van der Waals surface area contributed by atoms with Crippen LogP contribution in [0.5, 0.6) is 0 Å². The maximum atomic E-state index is 12.2. The first-order valence-electron chi connectivity index (χ1n) is 9.12. The molecule has 27 heavy (non-hydrogen) atoms. The molecule has 1 aliphatic carbocycles. The van der Waals surface area contributed by atoms with Crippen molar-refractivity contribution in [2.24, 2.45) is 7.05 Å². The van der Waals surface area contributed by atoms with Gasteiger partial charge in [0.1, 0.15) is 5.82 Å². The van der Waals surface area contributed by atoms with Crippen molar-refractivity contribution in [1.82, 2.24) is 34.6 Å². The summed E-state index contributed by atoms with van der Waals surface area (Å²) in [5, 5.41) is 11.8. The predicted octanol–water partition coefficient (Wildman–Crippen LogP) is 1.82. The third-order valence-corrected chi connectivity index (χ3v) is 6.17. The molecule has 0 bridgehead atoms. The molecule has 1 amide bonds. The number of nitrogens with zero attached hydrogens (tertiary/aromatic N) is 6. The third kappa shape index (κ3) is 3.92. The number of hydrogen-bond acceptors (Lipinski definition) is 6. The van der Waals surface area contributed by atoms with E-state index < -0.39 is 0 Å². The summed E-state index contributed by atoms with van der Waals surface area (Å²) >= 11 is 1.62. The summed E-state index contributed by atoms with van der Waals surface area (Å²) in [5.74, 6) is 2.38. The van der Waals surface area contributed by atoms with Gasteiger partial charge in [0.05, 0.1) is 24.1 Å². The van der Waals surface area contributed by atoms with Crippen LogP contribution in [0.1, 0.15) is 47.4 Å². The van der Waals surface area contributed by atoms with E-state index in [-0.39, 0.29) is 11.9 Å². The Bertz CT molecular complexity index is 908. The fourth-order valence-corrected chi connectivity index (χ4v) is 4.23. The number of carbonyl (C=O) groups is 1. The van der Waals surface area contributed by atoms with Gasteiger partial charge in [-0.25, -0.2) is 9.97 Å². The van der Waals surface area contributed by atoms with Crippen LogP contribution in [-0.4, -0.2) is 41.2 Å². The minimum atomic E-state index is 0.116. The lowest BCUT2D eigenvalue weighted by Gasteiger charge is -2.35. The number of carbonyl (C=O) groups excluding carboxylic acids is 1. The maximum absolute atomic E-state index is 12.2. The van der Waals surface area contributed by atoms with Crippen molar-refractivity contribution in [3.05, 3.63) is 46.5 Å². The van der Waals surface area contributed by atoms with Gasteiger partial charge in [0.15, 0.2) is 5.82 Å². The van der Waals surface area contributed by atoms with E-state index in [2.05, 4.69) is 30.0 Å². The number of thiazole rings is 1. The Morgan fingerprint density at radius 3 is 2.93 bits per heavy atom. The van der Waals surface area contributed by atoms with Crippen molar-refractivity contribution in [2.45, 2.75) is 51.1 Å². The van der Waals surface area contributed by atoms with Gasteiger partial charge in [0.25, 0.3) is 0 Å². The largest absolute Gasteiger partial charge is 0.353 e. The first kappa shape index (κ1) is 17.8. The second-order valence-electron chi connectivity index (χ2n) is 7.06. The summed E-state index contributed by atoms with van der Waals surface area (Å²) < 4.78 is 4.04. The van der Waals surface area contributed by atoms with Crippen LogP contribution in [-0.2, 0) is 24.8 Å². The molecular weight excluding hydrogens is 362 g/mol. The van der Waals surface area contributed by atoms with Gasteiger partial charge in [-0.05, 0) is 26.2 Å². The van der Waals surface area contributed by atoms with Crippen LogP contribution in [0.3, 0.4) is 0 Å². The van der Waals surface area contributed by atoms with Gasteiger partial charge in [-0.15, -0.1) is 21.5 Å². The number of aryl methyl sites for hydroxylation is 2.